The monoisotopic (exact) mass is 393 g/mol. The summed E-state index contributed by atoms with van der Waals surface area (Å²) in [4.78, 5) is 11.9. The topological polar surface area (TPSA) is 47.6 Å². The van der Waals surface area contributed by atoms with E-state index in [4.69, 9.17) is 9.47 Å². The SMILES string of the molecule is COc1ccccc1OCC(=O)Nc1cc(C(F)(F)F)cc(C(F)(F)F)c1. The number of nitrogens with one attached hydrogen (secondary N) is 1. The summed E-state index contributed by atoms with van der Waals surface area (Å²) in [7, 11) is 1.36. The predicted octanol–water partition coefficient (Wildman–Crippen LogP) is 4.75. The Morgan fingerprint density at radius 1 is 0.926 bits per heavy atom. The molecule has 1 N–H and O–H groups in total. The lowest BCUT2D eigenvalue weighted by Crippen LogP contribution is -2.21. The van der Waals surface area contributed by atoms with E-state index in [-0.39, 0.29) is 11.8 Å². The Balaban J connectivity index is 2.17. The fourth-order valence-corrected chi connectivity index (χ4v) is 2.11. The molecule has 4 nitrogen and oxygen atoms in total. The quantitative estimate of drug-likeness (QED) is 0.746. The summed E-state index contributed by atoms with van der Waals surface area (Å²) in [6.45, 7) is -0.641. The molecule has 0 fully saturated rings. The first-order valence-electron chi connectivity index (χ1n) is 7.36. The van der Waals surface area contributed by atoms with Crippen LogP contribution in [0.15, 0.2) is 42.5 Å². The minimum atomic E-state index is -5.01. The van der Waals surface area contributed by atoms with Crippen LogP contribution in [0.4, 0.5) is 32.0 Å². The highest BCUT2D eigenvalue weighted by atomic mass is 19.4. The molecule has 0 aromatic heterocycles. The smallest absolute Gasteiger partial charge is 0.416 e. The van der Waals surface area contributed by atoms with Crippen LogP contribution in [0.25, 0.3) is 0 Å². The highest BCUT2D eigenvalue weighted by Gasteiger charge is 2.37. The second-order valence-electron chi connectivity index (χ2n) is 5.28. The fraction of sp³-hybridized carbons (Fsp3) is 0.235. The maximum Gasteiger partial charge on any atom is 0.416 e. The van der Waals surface area contributed by atoms with E-state index in [1.807, 2.05) is 5.32 Å². The molecule has 0 aliphatic heterocycles. The van der Waals surface area contributed by atoms with Crippen LogP contribution < -0.4 is 14.8 Å². The Labute approximate surface area is 149 Å². The standard InChI is InChI=1S/C17H13F6NO3/c1-26-13-4-2-3-5-14(13)27-9-15(25)24-12-7-10(16(18,19)20)6-11(8-12)17(21,22)23/h2-8H,9H2,1H3,(H,24,25). The number of ether oxygens (including phenoxy) is 2. The number of carbonyl (C=O) groups is 1. The summed E-state index contributed by atoms with van der Waals surface area (Å²) in [6, 6.07) is 7.08. The van der Waals surface area contributed by atoms with Crippen molar-refractivity contribution in [1.82, 2.24) is 0 Å². The summed E-state index contributed by atoms with van der Waals surface area (Å²) in [6.07, 6.45) is -10.0. The zero-order chi connectivity index (χ0) is 20.2. The zero-order valence-corrected chi connectivity index (χ0v) is 13.7. The summed E-state index contributed by atoms with van der Waals surface area (Å²) in [5, 5.41) is 1.97. The van der Waals surface area contributed by atoms with Gasteiger partial charge >= 0.3 is 12.4 Å². The first-order valence-corrected chi connectivity index (χ1v) is 7.36. The molecule has 2 aromatic carbocycles. The largest absolute Gasteiger partial charge is 0.493 e. The van der Waals surface area contributed by atoms with Crippen LogP contribution >= 0.6 is 0 Å². The van der Waals surface area contributed by atoms with Gasteiger partial charge < -0.3 is 14.8 Å². The first-order chi connectivity index (χ1) is 12.5. The summed E-state index contributed by atoms with van der Waals surface area (Å²) in [5.41, 5.74) is -3.71. The van der Waals surface area contributed by atoms with Crippen molar-refractivity contribution in [3.8, 4) is 11.5 Å². The normalized spacial score (nSPS) is 11.8. The van der Waals surface area contributed by atoms with E-state index in [0.29, 0.717) is 17.9 Å². The molecule has 0 heterocycles. The van der Waals surface area contributed by atoms with Gasteiger partial charge in [0.25, 0.3) is 5.91 Å². The Bertz CT molecular complexity index is 785. The number of carbonyl (C=O) groups excluding carboxylic acids is 1. The molecule has 0 bridgehead atoms. The van der Waals surface area contributed by atoms with Crippen molar-refractivity contribution >= 4 is 11.6 Å². The van der Waals surface area contributed by atoms with Crippen molar-refractivity contribution in [3.63, 3.8) is 0 Å². The molecule has 0 atom stereocenters. The van der Waals surface area contributed by atoms with Crippen molar-refractivity contribution < 1.29 is 40.6 Å². The van der Waals surface area contributed by atoms with Gasteiger partial charge in [0.2, 0.25) is 0 Å². The summed E-state index contributed by atoms with van der Waals surface area (Å²) >= 11 is 0. The van der Waals surface area contributed by atoms with Gasteiger partial charge in [-0.2, -0.15) is 26.3 Å². The molecule has 2 rings (SSSR count). The number of hydrogen-bond acceptors (Lipinski definition) is 3. The van der Waals surface area contributed by atoms with E-state index in [1.54, 1.807) is 18.2 Å². The highest BCUT2D eigenvalue weighted by Crippen LogP contribution is 2.37. The van der Waals surface area contributed by atoms with E-state index >= 15 is 0 Å². The fourth-order valence-electron chi connectivity index (χ4n) is 2.11. The molecule has 1 amide bonds. The number of methoxy groups -OCH3 is 1. The van der Waals surface area contributed by atoms with Gasteiger partial charge in [0.15, 0.2) is 18.1 Å². The van der Waals surface area contributed by atoms with Crippen molar-refractivity contribution in [1.29, 1.82) is 0 Å². The number of rotatable bonds is 5. The Morgan fingerprint density at radius 3 is 1.93 bits per heavy atom. The van der Waals surface area contributed by atoms with E-state index in [2.05, 4.69) is 0 Å². The van der Waals surface area contributed by atoms with E-state index < -0.39 is 41.7 Å². The molecule has 0 aliphatic rings. The number of halogens is 6. The molecule has 146 valence electrons. The van der Waals surface area contributed by atoms with Crippen LogP contribution in [0.5, 0.6) is 11.5 Å². The molecule has 0 aliphatic carbocycles. The second kappa shape index (κ2) is 7.77. The number of amides is 1. The lowest BCUT2D eigenvalue weighted by atomic mass is 10.1. The van der Waals surface area contributed by atoms with Crippen molar-refractivity contribution in [2.45, 2.75) is 12.4 Å². The molecule has 0 saturated carbocycles. The van der Waals surface area contributed by atoms with Gasteiger partial charge in [-0.05, 0) is 30.3 Å². The van der Waals surface area contributed by atoms with Gasteiger partial charge in [-0.25, -0.2) is 0 Å². The minimum Gasteiger partial charge on any atom is -0.493 e. The lowest BCUT2D eigenvalue weighted by Gasteiger charge is -2.15. The molecular formula is C17H13F6NO3. The molecule has 0 saturated heterocycles. The van der Waals surface area contributed by atoms with Crippen LogP contribution in [0.1, 0.15) is 11.1 Å². The van der Waals surface area contributed by atoms with Crippen LogP contribution in [-0.4, -0.2) is 19.6 Å². The molecule has 0 unspecified atom stereocenters. The van der Waals surface area contributed by atoms with Gasteiger partial charge in [-0.15, -0.1) is 0 Å². The first kappa shape index (κ1) is 20.4. The molecule has 0 spiro atoms. The number of anilines is 1. The van der Waals surface area contributed by atoms with Crippen LogP contribution in [0.3, 0.4) is 0 Å². The maximum absolute atomic E-state index is 12.8. The molecule has 27 heavy (non-hydrogen) atoms. The van der Waals surface area contributed by atoms with Gasteiger partial charge in [-0.1, -0.05) is 12.1 Å². The number of hydrogen-bond donors (Lipinski definition) is 1. The van der Waals surface area contributed by atoms with Crippen LogP contribution in [0.2, 0.25) is 0 Å². The molecule has 10 heteroatoms. The molecular weight excluding hydrogens is 380 g/mol. The minimum absolute atomic E-state index is 0.0268. The van der Waals surface area contributed by atoms with Gasteiger partial charge in [0, 0.05) is 5.69 Å². The van der Waals surface area contributed by atoms with Gasteiger partial charge in [-0.3, -0.25) is 4.79 Å². The summed E-state index contributed by atoms with van der Waals surface area (Å²) in [5.74, 6) is -0.438. The average molecular weight is 393 g/mol. The third-order valence-corrected chi connectivity index (χ3v) is 3.30. The Hall–Kier alpha value is -2.91. The number of para-hydroxylation sites is 2. The van der Waals surface area contributed by atoms with Crippen molar-refractivity contribution in [2.75, 3.05) is 19.0 Å². The Morgan fingerprint density at radius 2 is 1.44 bits per heavy atom. The highest BCUT2D eigenvalue weighted by molar-refractivity contribution is 5.92. The predicted molar refractivity (Wildman–Crippen MR) is 83.6 cm³/mol. The Kier molecular flexibility index (Phi) is 5.87. The number of benzene rings is 2. The maximum atomic E-state index is 12.8. The molecule has 2 aromatic rings. The second-order valence-corrected chi connectivity index (χ2v) is 5.28. The third kappa shape index (κ3) is 5.53. The zero-order valence-electron chi connectivity index (χ0n) is 13.7. The third-order valence-electron chi connectivity index (χ3n) is 3.30. The van der Waals surface area contributed by atoms with E-state index in [9.17, 15) is 31.1 Å². The van der Waals surface area contributed by atoms with E-state index in [0.717, 1.165) is 0 Å². The summed E-state index contributed by atoms with van der Waals surface area (Å²) < 4.78 is 87.0. The van der Waals surface area contributed by atoms with Gasteiger partial charge in [0.05, 0.1) is 18.2 Å². The van der Waals surface area contributed by atoms with Crippen LogP contribution in [-0.2, 0) is 17.1 Å². The average Bonchev–Trinajstić information content (AvgIpc) is 2.58. The number of alkyl halides is 6. The van der Waals surface area contributed by atoms with Crippen molar-refractivity contribution in [3.05, 3.63) is 53.6 Å². The van der Waals surface area contributed by atoms with Crippen molar-refractivity contribution in [2.24, 2.45) is 0 Å². The molecule has 0 radical (unpaired) electrons. The van der Waals surface area contributed by atoms with Gasteiger partial charge in [0.1, 0.15) is 0 Å². The van der Waals surface area contributed by atoms with E-state index in [1.165, 1.54) is 13.2 Å². The van der Waals surface area contributed by atoms with Crippen LogP contribution in [0, 0.1) is 0 Å². The lowest BCUT2D eigenvalue weighted by molar-refractivity contribution is -0.143.